The molecule has 2 heterocycles. The van der Waals surface area contributed by atoms with E-state index in [0.717, 1.165) is 27.1 Å². The lowest BCUT2D eigenvalue weighted by Gasteiger charge is -1.88. The third kappa shape index (κ3) is 1.56. The number of hydrogen-bond donors (Lipinski definition) is 1. The standard InChI is InChI=1S/C9H11N3OS/c1-5-3-7(6(2)13-5)9-12-11-8(4-10)14-9/h3H,4,10H2,1-2H3. The summed E-state index contributed by atoms with van der Waals surface area (Å²) in [5, 5.41) is 9.74. The van der Waals surface area contributed by atoms with Gasteiger partial charge >= 0.3 is 0 Å². The monoisotopic (exact) mass is 209 g/mol. The van der Waals surface area contributed by atoms with Gasteiger partial charge in [-0.3, -0.25) is 0 Å². The molecule has 2 N–H and O–H groups in total. The zero-order valence-electron chi connectivity index (χ0n) is 8.07. The van der Waals surface area contributed by atoms with Crippen molar-refractivity contribution in [2.24, 2.45) is 5.73 Å². The van der Waals surface area contributed by atoms with Crippen molar-refractivity contribution in [2.45, 2.75) is 20.4 Å². The van der Waals surface area contributed by atoms with E-state index in [4.69, 9.17) is 10.2 Å². The molecule has 0 aliphatic carbocycles. The third-order valence-electron chi connectivity index (χ3n) is 1.91. The van der Waals surface area contributed by atoms with Crippen LogP contribution in [-0.2, 0) is 6.54 Å². The number of aromatic nitrogens is 2. The maximum atomic E-state index is 5.47. The normalized spacial score (nSPS) is 10.8. The molecular weight excluding hydrogens is 198 g/mol. The lowest BCUT2D eigenvalue weighted by molar-refractivity contribution is 0.505. The Hall–Kier alpha value is -1.20. The molecule has 0 aliphatic heterocycles. The van der Waals surface area contributed by atoms with Crippen molar-refractivity contribution < 1.29 is 4.42 Å². The molecule has 0 amide bonds. The quantitative estimate of drug-likeness (QED) is 0.820. The molecule has 4 nitrogen and oxygen atoms in total. The first-order valence-corrected chi connectivity index (χ1v) is 5.12. The fourth-order valence-electron chi connectivity index (χ4n) is 1.29. The van der Waals surface area contributed by atoms with Crippen LogP contribution in [-0.4, -0.2) is 10.2 Å². The van der Waals surface area contributed by atoms with Crippen LogP contribution in [0.25, 0.3) is 10.6 Å². The van der Waals surface area contributed by atoms with E-state index in [9.17, 15) is 0 Å². The van der Waals surface area contributed by atoms with Crippen LogP contribution in [0.3, 0.4) is 0 Å². The Morgan fingerprint density at radius 2 is 2.21 bits per heavy atom. The Labute approximate surface area is 85.8 Å². The van der Waals surface area contributed by atoms with Gasteiger partial charge in [0.15, 0.2) is 5.01 Å². The predicted octanol–water partition coefficient (Wildman–Crippen LogP) is 1.87. The summed E-state index contributed by atoms with van der Waals surface area (Å²) in [4.78, 5) is 0. The molecule has 14 heavy (non-hydrogen) atoms. The second-order valence-corrected chi connectivity index (χ2v) is 4.09. The first-order chi connectivity index (χ1) is 6.70. The minimum Gasteiger partial charge on any atom is -0.466 e. The minimum atomic E-state index is 0.438. The molecule has 2 rings (SSSR count). The zero-order chi connectivity index (χ0) is 10.1. The molecule has 2 aromatic rings. The van der Waals surface area contributed by atoms with E-state index in [1.807, 2.05) is 19.9 Å². The maximum Gasteiger partial charge on any atom is 0.151 e. The number of nitrogens with two attached hydrogens (primary N) is 1. The van der Waals surface area contributed by atoms with Gasteiger partial charge < -0.3 is 10.2 Å². The summed E-state index contributed by atoms with van der Waals surface area (Å²) in [6.07, 6.45) is 0. The lowest BCUT2D eigenvalue weighted by Crippen LogP contribution is -1.94. The summed E-state index contributed by atoms with van der Waals surface area (Å²) < 4.78 is 5.42. The highest BCUT2D eigenvalue weighted by Gasteiger charge is 2.11. The summed E-state index contributed by atoms with van der Waals surface area (Å²) in [6, 6.07) is 1.97. The summed E-state index contributed by atoms with van der Waals surface area (Å²) in [7, 11) is 0. The van der Waals surface area contributed by atoms with Gasteiger partial charge in [-0.2, -0.15) is 0 Å². The molecule has 0 atom stereocenters. The van der Waals surface area contributed by atoms with Crippen LogP contribution in [0.4, 0.5) is 0 Å². The second-order valence-electron chi connectivity index (χ2n) is 3.03. The van der Waals surface area contributed by atoms with E-state index < -0.39 is 0 Å². The van der Waals surface area contributed by atoms with Gasteiger partial charge in [0.2, 0.25) is 0 Å². The smallest absolute Gasteiger partial charge is 0.151 e. The molecule has 0 unspecified atom stereocenters. The number of furan rings is 1. The Kier molecular flexibility index (Phi) is 2.35. The van der Waals surface area contributed by atoms with Gasteiger partial charge in [-0.25, -0.2) is 0 Å². The molecule has 0 saturated carbocycles. The van der Waals surface area contributed by atoms with Crippen LogP contribution in [0, 0.1) is 13.8 Å². The first kappa shape index (κ1) is 9.36. The van der Waals surface area contributed by atoms with Crippen molar-refractivity contribution in [3.8, 4) is 10.6 Å². The summed E-state index contributed by atoms with van der Waals surface area (Å²) in [6.45, 7) is 4.28. The van der Waals surface area contributed by atoms with E-state index in [-0.39, 0.29) is 0 Å². The third-order valence-corrected chi connectivity index (χ3v) is 2.89. The Bertz CT molecular complexity index is 447. The molecule has 0 spiro atoms. The van der Waals surface area contributed by atoms with Crippen molar-refractivity contribution in [1.29, 1.82) is 0 Å². The van der Waals surface area contributed by atoms with E-state index in [0.29, 0.717) is 6.54 Å². The van der Waals surface area contributed by atoms with E-state index in [1.165, 1.54) is 11.3 Å². The van der Waals surface area contributed by atoms with Crippen LogP contribution in [0.5, 0.6) is 0 Å². The minimum absolute atomic E-state index is 0.438. The highest BCUT2D eigenvalue weighted by molar-refractivity contribution is 7.14. The van der Waals surface area contributed by atoms with Crippen molar-refractivity contribution in [3.05, 3.63) is 22.6 Å². The van der Waals surface area contributed by atoms with E-state index in [2.05, 4.69) is 10.2 Å². The highest BCUT2D eigenvalue weighted by atomic mass is 32.1. The molecule has 5 heteroatoms. The average Bonchev–Trinajstić information content (AvgIpc) is 2.71. The molecule has 0 radical (unpaired) electrons. The van der Waals surface area contributed by atoms with Crippen molar-refractivity contribution in [2.75, 3.05) is 0 Å². The SMILES string of the molecule is Cc1cc(-c2nnc(CN)s2)c(C)o1. The van der Waals surface area contributed by atoms with Gasteiger partial charge in [0, 0.05) is 6.54 Å². The molecule has 0 aliphatic rings. The van der Waals surface area contributed by atoms with Crippen molar-refractivity contribution >= 4 is 11.3 Å². The van der Waals surface area contributed by atoms with Crippen LogP contribution in [0.1, 0.15) is 16.5 Å². The molecular formula is C9H11N3OS. The molecule has 0 saturated heterocycles. The van der Waals surface area contributed by atoms with Gasteiger partial charge in [-0.05, 0) is 19.9 Å². The summed E-state index contributed by atoms with van der Waals surface area (Å²) >= 11 is 1.51. The number of rotatable bonds is 2. The van der Waals surface area contributed by atoms with Gasteiger partial charge in [0.25, 0.3) is 0 Å². The van der Waals surface area contributed by atoms with E-state index in [1.54, 1.807) is 0 Å². The first-order valence-electron chi connectivity index (χ1n) is 4.30. The van der Waals surface area contributed by atoms with Crippen molar-refractivity contribution in [1.82, 2.24) is 10.2 Å². The zero-order valence-corrected chi connectivity index (χ0v) is 8.89. The maximum absolute atomic E-state index is 5.47. The molecule has 0 bridgehead atoms. The molecule has 2 aromatic heterocycles. The summed E-state index contributed by atoms with van der Waals surface area (Å²) in [5.74, 6) is 1.77. The van der Waals surface area contributed by atoms with Gasteiger partial charge in [0.05, 0.1) is 5.56 Å². The fourth-order valence-corrected chi connectivity index (χ4v) is 2.07. The Balaban J connectivity index is 2.43. The van der Waals surface area contributed by atoms with Gasteiger partial charge in [-0.1, -0.05) is 11.3 Å². The molecule has 74 valence electrons. The second kappa shape index (κ2) is 3.51. The fraction of sp³-hybridized carbons (Fsp3) is 0.333. The van der Waals surface area contributed by atoms with Crippen molar-refractivity contribution in [3.63, 3.8) is 0 Å². The average molecular weight is 209 g/mol. The Morgan fingerprint density at radius 1 is 1.43 bits per heavy atom. The molecule has 0 fully saturated rings. The van der Waals surface area contributed by atoms with Gasteiger partial charge in [-0.15, -0.1) is 10.2 Å². The Morgan fingerprint density at radius 3 is 2.71 bits per heavy atom. The highest BCUT2D eigenvalue weighted by Crippen LogP contribution is 2.28. The van der Waals surface area contributed by atoms with Crippen LogP contribution in [0.15, 0.2) is 10.5 Å². The topological polar surface area (TPSA) is 64.9 Å². The number of hydrogen-bond acceptors (Lipinski definition) is 5. The number of aryl methyl sites for hydroxylation is 2. The molecule has 0 aromatic carbocycles. The van der Waals surface area contributed by atoms with Crippen LogP contribution < -0.4 is 5.73 Å². The van der Waals surface area contributed by atoms with Crippen LogP contribution in [0.2, 0.25) is 0 Å². The van der Waals surface area contributed by atoms with Gasteiger partial charge in [0.1, 0.15) is 16.5 Å². The number of nitrogens with zero attached hydrogens (tertiary/aromatic N) is 2. The predicted molar refractivity (Wildman–Crippen MR) is 55.0 cm³/mol. The largest absolute Gasteiger partial charge is 0.466 e. The van der Waals surface area contributed by atoms with Crippen LogP contribution >= 0.6 is 11.3 Å². The lowest BCUT2D eigenvalue weighted by atomic mass is 10.2. The summed E-state index contributed by atoms with van der Waals surface area (Å²) in [5.41, 5.74) is 6.48. The van der Waals surface area contributed by atoms with E-state index >= 15 is 0 Å².